The number of pyridine rings is 1. The third-order valence-corrected chi connectivity index (χ3v) is 2.86. The highest BCUT2D eigenvalue weighted by atomic mass is 19.4. The van der Waals surface area contributed by atoms with Crippen molar-refractivity contribution < 1.29 is 13.2 Å². The van der Waals surface area contributed by atoms with Gasteiger partial charge in [0.05, 0.1) is 17.8 Å². The van der Waals surface area contributed by atoms with E-state index in [1.807, 2.05) is 0 Å². The van der Waals surface area contributed by atoms with E-state index in [0.717, 1.165) is 5.69 Å². The van der Waals surface area contributed by atoms with E-state index in [9.17, 15) is 13.2 Å². The monoisotopic (exact) mass is 245 g/mol. The van der Waals surface area contributed by atoms with Crippen molar-refractivity contribution in [2.75, 3.05) is 31.1 Å². The Hall–Kier alpha value is -1.30. The van der Waals surface area contributed by atoms with Crippen LogP contribution in [-0.4, -0.2) is 37.3 Å². The van der Waals surface area contributed by atoms with Gasteiger partial charge in [0.15, 0.2) is 0 Å². The first-order valence-corrected chi connectivity index (χ1v) is 5.50. The lowest BCUT2D eigenvalue weighted by molar-refractivity contribution is -0.169. The van der Waals surface area contributed by atoms with Crippen molar-refractivity contribution in [1.29, 1.82) is 0 Å². The van der Waals surface area contributed by atoms with Gasteiger partial charge in [0.2, 0.25) is 0 Å². The lowest BCUT2D eigenvalue weighted by Gasteiger charge is -2.26. The van der Waals surface area contributed by atoms with Crippen LogP contribution in [-0.2, 0) is 0 Å². The van der Waals surface area contributed by atoms with E-state index >= 15 is 0 Å². The largest absolute Gasteiger partial charge is 0.394 e. The number of hydrogen-bond donors (Lipinski definition) is 1. The van der Waals surface area contributed by atoms with Crippen LogP contribution < -0.4 is 10.2 Å². The van der Waals surface area contributed by atoms with Crippen molar-refractivity contribution in [3.63, 3.8) is 0 Å². The molecule has 1 unspecified atom stereocenters. The topological polar surface area (TPSA) is 28.2 Å². The Bertz CT molecular complexity index is 353. The third-order valence-electron chi connectivity index (χ3n) is 2.86. The molecular formula is C11H14F3N3. The molecule has 1 atom stereocenters. The van der Waals surface area contributed by atoms with Crippen molar-refractivity contribution in [2.24, 2.45) is 5.92 Å². The van der Waals surface area contributed by atoms with E-state index in [-0.39, 0.29) is 13.1 Å². The Morgan fingerprint density at radius 1 is 1.41 bits per heavy atom. The minimum Gasteiger partial charge on any atom is -0.368 e. The predicted molar refractivity (Wildman–Crippen MR) is 58.9 cm³/mol. The first-order valence-electron chi connectivity index (χ1n) is 5.50. The van der Waals surface area contributed by atoms with Gasteiger partial charge in [-0.3, -0.25) is 4.98 Å². The smallest absolute Gasteiger partial charge is 0.368 e. The molecule has 1 aromatic heterocycles. The molecule has 1 N–H and O–H groups in total. The third kappa shape index (κ3) is 3.09. The highest BCUT2D eigenvalue weighted by molar-refractivity contribution is 5.43. The van der Waals surface area contributed by atoms with Crippen LogP contribution in [0.25, 0.3) is 0 Å². The second kappa shape index (κ2) is 4.91. The maximum atomic E-state index is 12.7. The van der Waals surface area contributed by atoms with Crippen molar-refractivity contribution in [3.05, 3.63) is 24.5 Å². The number of anilines is 1. The molecule has 2 heterocycles. The van der Waals surface area contributed by atoms with Crippen LogP contribution in [0, 0.1) is 5.92 Å². The van der Waals surface area contributed by atoms with Crippen LogP contribution in [0.3, 0.4) is 0 Å². The summed E-state index contributed by atoms with van der Waals surface area (Å²) in [6.45, 7) is 1.10. The lowest BCUT2D eigenvalue weighted by atomic mass is 10.1. The van der Waals surface area contributed by atoms with Gasteiger partial charge in [0.25, 0.3) is 0 Å². The summed E-state index contributed by atoms with van der Waals surface area (Å²) in [6, 6.07) is 3.52. The molecule has 0 amide bonds. The summed E-state index contributed by atoms with van der Waals surface area (Å²) in [5, 5.41) is 2.82. The van der Waals surface area contributed by atoms with Crippen LogP contribution in [0.1, 0.15) is 0 Å². The summed E-state index contributed by atoms with van der Waals surface area (Å²) in [4.78, 5) is 5.66. The number of rotatable bonds is 1. The van der Waals surface area contributed by atoms with Gasteiger partial charge in [0, 0.05) is 32.4 Å². The number of hydrogen-bond acceptors (Lipinski definition) is 3. The van der Waals surface area contributed by atoms with Crippen LogP contribution in [0.15, 0.2) is 24.5 Å². The molecule has 0 saturated carbocycles. The normalized spacial score (nSPS) is 22.3. The Morgan fingerprint density at radius 3 is 2.88 bits per heavy atom. The van der Waals surface area contributed by atoms with Gasteiger partial charge in [-0.1, -0.05) is 0 Å². The molecule has 3 nitrogen and oxygen atoms in total. The van der Waals surface area contributed by atoms with Gasteiger partial charge < -0.3 is 10.2 Å². The van der Waals surface area contributed by atoms with Crippen molar-refractivity contribution in [3.8, 4) is 0 Å². The Labute approximate surface area is 97.6 Å². The van der Waals surface area contributed by atoms with E-state index in [4.69, 9.17) is 0 Å². The van der Waals surface area contributed by atoms with Crippen molar-refractivity contribution in [1.82, 2.24) is 10.3 Å². The molecule has 0 spiro atoms. The summed E-state index contributed by atoms with van der Waals surface area (Å²) < 4.78 is 38.2. The molecule has 0 aliphatic carbocycles. The summed E-state index contributed by atoms with van der Waals surface area (Å²) in [6.07, 6.45) is -0.947. The van der Waals surface area contributed by atoms with Crippen molar-refractivity contribution >= 4 is 5.69 Å². The summed E-state index contributed by atoms with van der Waals surface area (Å²) in [5.74, 6) is -1.33. The molecule has 1 aliphatic heterocycles. The zero-order valence-corrected chi connectivity index (χ0v) is 9.24. The number of nitrogens with zero attached hydrogens (tertiary/aromatic N) is 2. The number of aromatic nitrogens is 1. The van der Waals surface area contributed by atoms with Gasteiger partial charge in [-0.05, 0) is 12.1 Å². The van der Waals surface area contributed by atoms with E-state index < -0.39 is 12.1 Å². The molecule has 6 heteroatoms. The van der Waals surface area contributed by atoms with Crippen LogP contribution in [0.2, 0.25) is 0 Å². The molecule has 2 rings (SSSR count). The molecule has 0 bridgehead atoms. The second-order valence-corrected chi connectivity index (χ2v) is 4.10. The second-order valence-electron chi connectivity index (χ2n) is 4.10. The van der Waals surface area contributed by atoms with E-state index in [0.29, 0.717) is 13.1 Å². The summed E-state index contributed by atoms with van der Waals surface area (Å²) >= 11 is 0. The molecule has 17 heavy (non-hydrogen) atoms. The summed E-state index contributed by atoms with van der Waals surface area (Å²) in [5.41, 5.74) is 0.741. The maximum Gasteiger partial charge on any atom is 0.394 e. The molecule has 0 radical (unpaired) electrons. The Morgan fingerprint density at radius 2 is 2.24 bits per heavy atom. The number of nitrogens with one attached hydrogen (secondary N) is 1. The fraction of sp³-hybridized carbons (Fsp3) is 0.545. The van der Waals surface area contributed by atoms with Crippen LogP contribution >= 0.6 is 0 Å². The fourth-order valence-electron chi connectivity index (χ4n) is 1.91. The number of halogens is 3. The Balaban J connectivity index is 2.13. The SMILES string of the molecule is FC(F)(F)C1CNCCN(c2cccnc2)C1. The van der Waals surface area contributed by atoms with Gasteiger partial charge in [0.1, 0.15) is 0 Å². The molecule has 0 aromatic carbocycles. The van der Waals surface area contributed by atoms with Crippen LogP contribution in [0.4, 0.5) is 18.9 Å². The quantitative estimate of drug-likeness (QED) is 0.815. The first-order chi connectivity index (χ1) is 8.07. The van der Waals surface area contributed by atoms with Gasteiger partial charge in [-0.25, -0.2) is 0 Å². The van der Waals surface area contributed by atoms with Crippen LogP contribution in [0.5, 0.6) is 0 Å². The van der Waals surface area contributed by atoms with Gasteiger partial charge >= 0.3 is 6.18 Å². The van der Waals surface area contributed by atoms with E-state index in [2.05, 4.69) is 10.3 Å². The molecular weight excluding hydrogens is 231 g/mol. The molecule has 1 saturated heterocycles. The minimum atomic E-state index is -4.15. The highest BCUT2D eigenvalue weighted by Gasteiger charge is 2.41. The molecule has 1 aromatic rings. The molecule has 1 aliphatic rings. The minimum absolute atomic E-state index is 0.0117. The maximum absolute atomic E-state index is 12.7. The lowest BCUT2D eigenvalue weighted by Crippen LogP contribution is -2.38. The average Bonchev–Trinajstić information content (AvgIpc) is 2.55. The number of alkyl halides is 3. The summed E-state index contributed by atoms with van der Waals surface area (Å²) in [7, 11) is 0. The van der Waals surface area contributed by atoms with Gasteiger partial charge in [-0.15, -0.1) is 0 Å². The standard InChI is InChI=1S/C11H14F3N3/c12-11(13,14)9-6-16-4-5-17(8-9)10-2-1-3-15-7-10/h1-3,7,9,16H,4-6,8H2. The van der Waals surface area contributed by atoms with Gasteiger partial charge in [-0.2, -0.15) is 13.2 Å². The molecule has 94 valence electrons. The average molecular weight is 245 g/mol. The Kier molecular flexibility index (Phi) is 3.51. The fourth-order valence-corrected chi connectivity index (χ4v) is 1.91. The highest BCUT2D eigenvalue weighted by Crippen LogP contribution is 2.28. The zero-order valence-electron chi connectivity index (χ0n) is 9.24. The van der Waals surface area contributed by atoms with E-state index in [1.165, 1.54) is 0 Å². The molecule has 1 fully saturated rings. The first kappa shape index (κ1) is 12.2. The zero-order chi connectivity index (χ0) is 12.3. The van der Waals surface area contributed by atoms with Crippen molar-refractivity contribution in [2.45, 2.75) is 6.18 Å². The predicted octanol–water partition coefficient (Wildman–Crippen LogP) is 1.67. The van der Waals surface area contributed by atoms with E-state index in [1.54, 1.807) is 29.4 Å².